The number of rotatable bonds is 4. The molecule has 0 saturated carbocycles. The van der Waals surface area contributed by atoms with Crippen LogP contribution in [-0.2, 0) is 5.41 Å². The zero-order valence-corrected chi connectivity index (χ0v) is 11.1. The van der Waals surface area contributed by atoms with Crippen LogP contribution in [0.25, 0.3) is 0 Å². The summed E-state index contributed by atoms with van der Waals surface area (Å²) in [5, 5.41) is 8.05. The van der Waals surface area contributed by atoms with Gasteiger partial charge in [0.05, 0.1) is 5.84 Å². The van der Waals surface area contributed by atoms with E-state index >= 15 is 0 Å². The van der Waals surface area contributed by atoms with Gasteiger partial charge in [0.2, 0.25) is 5.13 Å². The van der Waals surface area contributed by atoms with Crippen molar-refractivity contribution in [2.45, 2.75) is 32.6 Å². The average molecular weight is 241 g/mol. The van der Waals surface area contributed by atoms with E-state index in [2.05, 4.69) is 30.1 Å². The minimum atomic E-state index is -0.0177. The molecule has 0 aliphatic rings. The third-order valence-corrected chi connectivity index (χ3v) is 2.96. The molecule has 1 heterocycles. The summed E-state index contributed by atoms with van der Waals surface area (Å²) in [5.74, 6) is 1.06. The predicted octanol–water partition coefficient (Wildman–Crippen LogP) is 1.60. The second-order valence-electron chi connectivity index (χ2n) is 4.85. The molecule has 1 aromatic rings. The lowest BCUT2D eigenvalue weighted by atomic mass is 9.96. The van der Waals surface area contributed by atoms with Crippen molar-refractivity contribution in [3.63, 3.8) is 0 Å². The molecule has 3 N–H and O–H groups in total. The highest BCUT2D eigenvalue weighted by Gasteiger charge is 2.20. The fourth-order valence-electron chi connectivity index (χ4n) is 1.06. The van der Waals surface area contributed by atoms with Gasteiger partial charge in [0, 0.05) is 37.0 Å². The number of hydrogen-bond donors (Lipinski definition) is 2. The van der Waals surface area contributed by atoms with Crippen molar-refractivity contribution in [1.82, 2.24) is 9.36 Å². The van der Waals surface area contributed by atoms with Crippen LogP contribution in [0.2, 0.25) is 0 Å². The average Bonchev–Trinajstić information content (AvgIpc) is 2.61. The SMILES string of the molecule is CN(CCC(=N)N)c1nc(C(C)(C)C)ns1. The minimum absolute atomic E-state index is 0.0177. The van der Waals surface area contributed by atoms with E-state index in [-0.39, 0.29) is 11.3 Å². The number of anilines is 1. The zero-order chi connectivity index (χ0) is 12.3. The maximum absolute atomic E-state index is 7.17. The van der Waals surface area contributed by atoms with Gasteiger partial charge in [0.25, 0.3) is 0 Å². The van der Waals surface area contributed by atoms with Crippen LogP contribution in [0.1, 0.15) is 33.0 Å². The lowest BCUT2D eigenvalue weighted by molar-refractivity contribution is 0.554. The Kier molecular flexibility index (Phi) is 3.85. The molecule has 0 radical (unpaired) electrons. The van der Waals surface area contributed by atoms with Crippen LogP contribution in [0.4, 0.5) is 5.13 Å². The van der Waals surface area contributed by atoms with Gasteiger partial charge in [-0.05, 0) is 0 Å². The van der Waals surface area contributed by atoms with Crippen LogP contribution < -0.4 is 10.6 Å². The summed E-state index contributed by atoms with van der Waals surface area (Å²) in [5.41, 5.74) is 5.30. The lowest BCUT2D eigenvalue weighted by Crippen LogP contribution is -2.24. The van der Waals surface area contributed by atoms with Gasteiger partial charge >= 0.3 is 0 Å². The first-order valence-corrected chi connectivity index (χ1v) is 5.96. The first kappa shape index (κ1) is 12.9. The molecule has 90 valence electrons. The molecule has 0 bridgehead atoms. The van der Waals surface area contributed by atoms with E-state index in [1.54, 1.807) is 0 Å². The quantitative estimate of drug-likeness (QED) is 0.620. The maximum atomic E-state index is 7.17. The Morgan fingerprint density at radius 1 is 1.50 bits per heavy atom. The topological polar surface area (TPSA) is 78.9 Å². The van der Waals surface area contributed by atoms with Crippen LogP contribution >= 0.6 is 11.5 Å². The van der Waals surface area contributed by atoms with Gasteiger partial charge in [0.15, 0.2) is 0 Å². The van der Waals surface area contributed by atoms with Crippen LogP contribution in [0.3, 0.4) is 0 Å². The molecule has 0 aromatic carbocycles. The van der Waals surface area contributed by atoms with Gasteiger partial charge in [-0.2, -0.15) is 4.37 Å². The highest BCUT2D eigenvalue weighted by Crippen LogP contribution is 2.24. The Morgan fingerprint density at radius 2 is 2.12 bits per heavy atom. The summed E-state index contributed by atoms with van der Waals surface area (Å²) >= 11 is 1.39. The second kappa shape index (κ2) is 4.78. The molecule has 0 aliphatic carbocycles. The Morgan fingerprint density at radius 3 is 2.56 bits per heavy atom. The molecule has 0 saturated heterocycles. The lowest BCUT2D eigenvalue weighted by Gasteiger charge is -2.15. The largest absolute Gasteiger partial charge is 0.388 e. The molecule has 5 nitrogen and oxygen atoms in total. The van der Waals surface area contributed by atoms with Crippen molar-refractivity contribution in [2.24, 2.45) is 5.73 Å². The highest BCUT2D eigenvalue weighted by molar-refractivity contribution is 7.09. The third kappa shape index (κ3) is 3.44. The van der Waals surface area contributed by atoms with Crippen molar-refractivity contribution in [3.05, 3.63) is 5.82 Å². The number of nitrogens with one attached hydrogen (secondary N) is 1. The first-order valence-electron chi connectivity index (χ1n) is 5.19. The van der Waals surface area contributed by atoms with E-state index in [1.807, 2.05) is 11.9 Å². The second-order valence-corrected chi connectivity index (χ2v) is 5.58. The molecular formula is C10H19N5S. The number of amidine groups is 1. The molecule has 0 aliphatic heterocycles. The molecule has 0 spiro atoms. The number of nitrogens with zero attached hydrogens (tertiary/aromatic N) is 3. The highest BCUT2D eigenvalue weighted by atomic mass is 32.1. The van der Waals surface area contributed by atoms with E-state index in [1.165, 1.54) is 11.5 Å². The summed E-state index contributed by atoms with van der Waals surface area (Å²) in [4.78, 5) is 6.46. The third-order valence-electron chi connectivity index (χ3n) is 2.13. The normalized spacial score (nSPS) is 11.5. The van der Waals surface area contributed by atoms with Gasteiger partial charge in [-0.15, -0.1) is 0 Å². The van der Waals surface area contributed by atoms with Crippen molar-refractivity contribution < 1.29 is 0 Å². The Balaban J connectivity index is 2.67. The van der Waals surface area contributed by atoms with Crippen LogP contribution in [0, 0.1) is 5.41 Å². The smallest absolute Gasteiger partial charge is 0.204 e. The van der Waals surface area contributed by atoms with Gasteiger partial charge in [-0.25, -0.2) is 4.98 Å². The fourth-order valence-corrected chi connectivity index (χ4v) is 1.90. The number of aromatic nitrogens is 2. The number of hydrogen-bond acceptors (Lipinski definition) is 5. The summed E-state index contributed by atoms with van der Waals surface area (Å²) < 4.78 is 4.34. The first-order chi connectivity index (χ1) is 7.30. The monoisotopic (exact) mass is 241 g/mol. The van der Waals surface area contributed by atoms with Gasteiger partial charge < -0.3 is 10.6 Å². The molecule has 1 aromatic heterocycles. The molecule has 6 heteroatoms. The van der Waals surface area contributed by atoms with E-state index in [0.717, 1.165) is 11.0 Å². The molecule has 16 heavy (non-hydrogen) atoms. The number of nitrogens with two attached hydrogens (primary N) is 1. The van der Waals surface area contributed by atoms with Crippen molar-refractivity contribution in [1.29, 1.82) is 5.41 Å². The zero-order valence-electron chi connectivity index (χ0n) is 10.2. The Bertz CT molecular complexity index is 366. The van der Waals surface area contributed by atoms with Gasteiger partial charge in [-0.3, -0.25) is 5.41 Å². The van der Waals surface area contributed by atoms with E-state index in [4.69, 9.17) is 11.1 Å². The predicted molar refractivity (Wildman–Crippen MR) is 68.4 cm³/mol. The summed E-state index contributed by atoms with van der Waals surface area (Å²) in [6.45, 7) is 6.98. The molecular weight excluding hydrogens is 222 g/mol. The Hall–Kier alpha value is -1.17. The van der Waals surface area contributed by atoms with Crippen molar-refractivity contribution in [2.75, 3.05) is 18.5 Å². The maximum Gasteiger partial charge on any atom is 0.204 e. The van der Waals surface area contributed by atoms with Gasteiger partial charge in [-0.1, -0.05) is 20.8 Å². The van der Waals surface area contributed by atoms with Crippen LogP contribution in [0.15, 0.2) is 0 Å². The van der Waals surface area contributed by atoms with E-state index < -0.39 is 0 Å². The molecule has 0 amide bonds. The van der Waals surface area contributed by atoms with Crippen molar-refractivity contribution >= 4 is 22.5 Å². The minimum Gasteiger partial charge on any atom is -0.388 e. The summed E-state index contributed by atoms with van der Waals surface area (Å²) in [7, 11) is 1.94. The van der Waals surface area contributed by atoms with Gasteiger partial charge in [0.1, 0.15) is 5.82 Å². The van der Waals surface area contributed by atoms with Crippen molar-refractivity contribution in [3.8, 4) is 0 Å². The molecule has 1 rings (SSSR count). The van der Waals surface area contributed by atoms with Crippen LogP contribution in [0.5, 0.6) is 0 Å². The molecule has 0 unspecified atom stereocenters. The summed E-state index contributed by atoms with van der Waals surface area (Å²) in [6, 6.07) is 0. The fraction of sp³-hybridized carbons (Fsp3) is 0.700. The standard InChI is InChI=1S/C10H19N5S/c1-10(2,3)8-13-9(16-14-8)15(4)6-5-7(11)12/h5-6H2,1-4H3,(H3,11,12). The summed E-state index contributed by atoms with van der Waals surface area (Å²) in [6.07, 6.45) is 0.556. The van der Waals surface area contributed by atoms with Crippen LogP contribution in [-0.4, -0.2) is 28.8 Å². The molecule has 0 atom stereocenters. The Labute approximate surface area is 100 Å². The molecule has 0 fully saturated rings. The van der Waals surface area contributed by atoms with E-state index in [0.29, 0.717) is 13.0 Å². The van der Waals surface area contributed by atoms with E-state index in [9.17, 15) is 0 Å².